The van der Waals surface area contributed by atoms with Gasteiger partial charge in [-0.05, 0) is 24.3 Å². The predicted molar refractivity (Wildman–Crippen MR) is 71.3 cm³/mol. The van der Waals surface area contributed by atoms with Crippen LogP contribution in [-0.4, -0.2) is 29.5 Å². The number of nitrogens with zero attached hydrogens (tertiary/aromatic N) is 2. The van der Waals surface area contributed by atoms with Crippen LogP contribution in [0.4, 0.5) is 5.95 Å². The summed E-state index contributed by atoms with van der Waals surface area (Å²) in [6.07, 6.45) is 2.76. The van der Waals surface area contributed by atoms with E-state index in [1.54, 1.807) is 0 Å². The summed E-state index contributed by atoms with van der Waals surface area (Å²) in [6, 6.07) is 4.85. The molecule has 1 aromatic carbocycles. The molecular formula is C11H8ClN3O4S. The minimum atomic E-state index is -3.93. The summed E-state index contributed by atoms with van der Waals surface area (Å²) in [7, 11) is -3.93. The van der Waals surface area contributed by atoms with Gasteiger partial charge in [0.1, 0.15) is 0 Å². The molecule has 0 amide bonds. The van der Waals surface area contributed by atoms with Gasteiger partial charge in [-0.1, -0.05) is 11.6 Å². The zero-order valence-corrected chi connectivity index (χ0v) is 11.4. The molecule has 0 unspecified atom stereocenters. The van der Waals surface area contributed by atoms with E-state index in [9.17, 15) is 13.2 Å². The van der Waals surface area contributed by atoms with Crippen LogP contribution in [0.1, 0.15) is 10.4 Å². The lowest BCUT2D eigenvalue weighted by molar-refractivity contribution is 0.0697. The molecule has 1 aromatic heterocycles. The maximum Gasteiger partial charge on any atom is 0.337 e. The van der Waals surface area contributed by atoms with Gasteiger partial charge in [0.25, 0.3) is 10.0 Å². The number of carbonyl (C=O) groups is 1. The Morgan fingerprint density at radius 2 is 1.90 bits per heavy atom. The first-order valence-electron chi connectivity index (χ1n) is 5.23. The number of benzene rings is 1. The average Bonchev–Trinajstić information content (AvgIpc) is 2.38. The molecule has 0 radical (unpaired) electrons. The van der Waals surface area contributed by atoms with Crippen LogP contribution in [0.2, 0.25) is 5.02 Å². The van der Waals surface area contributed by atoms with Crippen molar-refractivity contribution in [1.29, 1.82) is 0 Å². The number of hydrogen-bond donors (Lipinski definition) is 2. The van der Waals surface area contributed by atoms with Crippen molar-refractivity contribution in [3.63, 3.8) is 0 Å². The Morgan fingerprint density at radius 3 is 2.45 bits per heavy atom. The maximum atomic E-state index is 12.0. The maximum absolute atomic E-state index is 12.0. The van der Waals surface area contributed by atoms with Gasteiger partial charge in [0, 0.05) is 12.4 Å². The fourth-order valence-corrected chi connectivity index (χ4v) is 2.68. The van der Waals surface area contributed by atoms with Gasteiger partial charge in [0.2, 0.25) is 5.95 Å². The number of rotatable bonds is 4. The number of sulfonamides is 1. The average molecular weight is 314 g/mol. The number of aromatic carboxylic acids is 1. The van der Waals surface area contributed by atoms with Crippen LogP contribution in [0.3, 0.4) is 0 Å². The highest BCUT2D eigenvalue weighted by Gasteiger charge is 2.18. The monoisotopic (exact) mass is 313 g/mol. The lowest BCUT2D eigenvalue weighted by atomic mass is 10.2. The van der Waals surface area contributed by atoms with Crippen molar-refractivity contribution in [3.05, 3.63) is 47.2 Å². The van der Waals surface area contributed by atoms with E-state index in [0.717, 1.165) is 18.2 Å². The Hall–Kier alpha value is -2.19. The Kier molecular flexibility index (Phi) is 3.86. The highest BCUT2D eigenvalue weighted by molar-refractivity contribution is 7.92. The molecule has 0 aliphatic heterocycles. The van der Waals surface area contributed by atoms with Gasteiger partial charge >= 0.3 is 5.97 Å². The molecule has 1 heterocycles. The van der Waals surface area contributed by atoms with E-state index in [0.29, 0.717) is 0 Å². The first-order valence-corrected chi connectivity index (χ1v) is 7.09. The summed E-state index contributed by atoms with van der Waals surface area (Å²) < 4.78 is 26.2. The van der Waals surface area contributed by atoms with E-state index in [2.05, 4.69) is 14.7 Å². The number of halogens is 1. The second-order valence-electron chi connectivity index (χ2n) is 3.62. The third-order valence-electron chi connectivity index (χ3n) is 2.27. The Morgan fingerprint density at radius 1 is 1.25 bits per heavy atom. The second kappa shape index (κ2) is 5.43. The zero-order valence-electron chi connectivity index (χ0n) is 9.82. The molecule has 0 bridgehead atoms. The number of carboxylic acid groups (broad SMARTS) is 1. The number of aromatic nitrogens is 2. The highest BCUT2D eigenvalue weighted by atomic mass is 35.5. The Bertz CT molecular complexity index is 750. The first kappa shape index (κ1) is 14.2. The van der Waals surface area contributed by atoms with E-state index in [1.807, 2.05) is 0 Å². The van der Waals surface area contributed by atoms with Crippen molar-refractivity contribution in [2.45, 2.75) is 4.90 Å². The fraction of sp³-hybridized carbons (Fsp3) is 0. The van der Waals surface area contributed by atoms with Gasteiger partial charge < -0.3 is 5.11 Å². The van der Waals surface area contributed by atoms with Gasteiger partial charge in [-0.3, -0.25) is 0 Å². The van der Waals surface area contributed by atoms with E-state index < -0.39 is 16.0 Å². The molecular weight excluding hydrogens is 306 g/mol. The van der Waals surface area contributed by atoms with Crippen molar-refractivity contribution in [3.8, 4) is 0 Å². The molecule has 0 saturated heterocycles. The van der Waals surface area contributed by atoms with Crippen molar-refractivity contribution in [2.75, 3.05) is 4.72 Å². The predicted octanol–water partition coefficient (Wildman–Crippen LogP) is 1.63. The van der Waals surface area contributed by atoms with Crippen LogP contribution in [0.25, 0.3) is 0 Å². The molecule has 0 fully saturated rings. The first-order chi connectivity index (χ1) is 9.40. The molecule has 0 saturated carbocycles. The molecule has 20 heavy (non-hydrogen) atoms. The molecule has 2 N–H and O–H groups in total. The van der Waals surface area contributed by atoms with Crippen LogP contribution < -0.4 is 4.72 Å². The van der Waals surface area contributed by atoms with E-state index >= 15 is 0 Å². The smallest absolute Gasteiger partial charge is 0.337 e. The molecule has 9 heteroatoms. The number of nitrogens with one attached hydrogen (secondary N) is 1. The van der Waals surface area contributed by atoms with Crippen LogP contribution in [-0.2, 0) is 10.0 Å². The fourth-order valence-electron chi connectivity index (χ4n) is 1.37. The summed E-state index contributed by atoms with van der Waals surface area (Å²) in [5.41, 5.74) is -0.179. The van der Waals surface area contributed by atoms with Crippen molar-refractivity contribution in [2.24, 2.45) is 0 Å². The minimum absolute atomic E-state index is 0.0917. The van der Waals surface area contributed by atoms with Gasteiger partial charge in [-0.15, -0.1) is 0 Å². The lowest BCUT2D eigenvalue weighted by Crippen LogP contribution is -2.15. The van der Waals surface area contributed by atoms with Crippen LogP contribution in [0, 0.1) is 0 Å². The molecule has 0 spiro atoms. The minimum Gasteiger partial charge on any atom is -0.478 e. The van der Waals surface area contributed by atoms with Crippen LogP contribution >= 0.6 is 11.6 Å². The topological polar surface area (TPSA) is 109 Å². The largest absolute Gasteiger partial charge is 0.478 e. The van der Waals surface area contributed by atoms with Gasteiger partial charge in [0.05, 0.1) is 15.5 Å². The molecule has 2 aromatic rings. The molecule has 104 valence electrons. The van der Waals surface area contributed by atoms with E-state index in [-0.39, 0.29) is 21.4 Å². The zero-order chi connectivity index (χ0) is 14.8. The van der Waals surface area contributed by atoms with E-state index in [4.69, 9.17) is 16.7 Å². The molecule has 0 atom stereocenters. The third-order valence-corrected chi connectivity index (χ3v) is 3.91. The number of hydrogen-bond acceptors (Lipinski definition) is 5. The van der Waals surface area contributed by atoms with Crippen molar-refractivity contribution >= 4 is 33.5 Å². The Labute approximate surface area is 119 Å². The molecule has 0 aliphatic carbocycles. The standard InChI is InChI=1S/C11H8ClN3O4S/c12-9-6-7(2-3-8(9)10(16)17)20(18,19)15-11-13-4-1-5-14-11/h1-6H,(H,16,17)(H,13,14,15). The van der Waals surface area contributed by atoms with Gasteiger partial charge in [-0.25, -0.2) is 27.9 Å². The van der Waals surface area contributed by atoms with Gasteiger partial charge in [0.15, 0.2) is 0 Å². The van der Waals surface area contributed by atoms with Crippen LogP contribution in [0.15, 0.2) is 41.6 Å². The highest BCUT2D eigenvalue weighted by Crippen LogP contribution is 2.22. The van der Waals surface area contributed by atoms with Crippen LogP contribution in [0.5, 0.6) is 0 Å². The summed E-state index contributed by atoms with van der Waals surface area (Å²) in [5, 5.41) is 8.65. The summed E-state index contributed by atoms with van der Waals surface area (Å²) in [6.45, 7) is 0. The Balaban J connectivity index is 2.35. The van der Waals surface area contributed by atoms with Crippen molar-refractivity contribution in [1.82, 2.24) is 9.97 Å². The quantitative estimate of drug-likeness (QED) is 0.887. The SMILES string of the molecule is O=C(O)c1ccc(S(=O)(=O)Nc2ncccn2)cc1Cl. The summed E-state index contributed by atoms with van der Waals surface area (Å²) in [4.78, 5) is 18.1. The molecule has 2 rings (SSSR count). The third kappa shape index (κ3) is 3.03. The molecule has 7 nitrogen and oxygen atoms in total. The lowest BCUT2D eigenvalue weighted by Gasteiger charge is -2.07. The summed E-state index contributed by atoms with van der Waals surface area (Å²) in [5.74, 6) is -1.33. The number of carboxylic acids is 1. The second-order valence-corrected chi connectivity index (χ2v) is 5.71. The summed E-state index contributed by atoms with van der Waals surface area (Å²) >= 11 is 5.73. The van der Waals surface area contributed by atoms with Gasteiger partial charge in [-0.2, -0.15) is 0 Å². The normalized spacial score (nSPS) is 11.1. The number of anilines is 1. The van der Waals surface area contributed by atoms with Crippen molar-refractivity contribution < 1.29 is 18.3 Å². The van der Waals surface area contributed by atoms with E-state index in [1.165, 1.54) is 18.5 Å². The molecule has 0 aliphatic rings.